The highest BCUT2D eigenvalue weighted by Gasteiger charge is 2.39. The molecule has 0 aliphatic carbocycles. The minimum atomic E-state index is -0.296. The summed E-state index contributed by atoms with van der Waals surface area (Å²) in [4.78, 5) is 12.4. The van der Waals surface area contributed by atoms with Crippen molar-refractivity contribution in [2.24, 2.45) is 0 Å². The summed E-state index contributed by atoms with van der Waals surface area (Å²) in [5.74, 6) is 0.918. The van der Waals surface area contributed by atoms with Gasteiger partial charge >= 0.3 is 0 Å². The molecule has 1 aromatic carbocycles. The molecule has 1 aliphatic rings. The van der Waals surface area contributed by atoms with Crippen LogP contribution in [0.5, 0.6) is 5.75 Å². The number of rotatable bonds is 8. The fourth-order valence-electron chi connectivity index (χ4n) is 3.38. The highest BCUT2D eigenvalue weighted by atomic mass is 35.5. The van der Waals surface area contributed by atoms with Crippen LogP contribution in [0.1, 0.15) is 39.7 Å². The maximum Gasteiger partial charge on any atom is 0.248 e. The molecule has 0 radical (unpaired) electrons. The average molecular weight is 382 g/mol. The molecule has 26 heavy (non-hydrogen) atoms. The molecule has 0 spiro atoms. The van der Waals surface area contributed by atoms with Crippen molar-refractivity contribution in [3.63, 3.8) is 0 Å². The first kappa shape index (κ1) is 22.5. The van der Waals surface area contributed by atoms with E-state index < -0.39 is 0 Å². The zero-order chi connectivity index (χ0) is 18.5. The van der Waals surface area contributed by atoms with Gasteiger partial charge in [-0.2, -0.15) is 0 Å². The van der Waals surface area contributed by atoms with E-state index in [1.807, 2.05) is 38.1 Å². The molecule has 5 nitrogen and oxygen atoms in total. The second-order valence-corrected chi connectivity index (χ2v) is 7.63. The van der Waals surface area contributed by atoms with Crippen LogP contribution in [-0.4, -0.2) is 37.2 Å². The van der Waals surface area contributed by atoms with Crippen LogP contribution < -0.4 is 20.7 Å². The Hall–Kier alpha value is -1.56. The Morgan fingerprint density at radius 3 is 2.46 bits per heavy atom. The van der Waals surface area contributed by atoms with Crippen LogP contribution in [0, 0.1) is 0 Å². The lowest BCUT2D eigenvalue weighted by molar-refractivity contribution is -0.118. The molecule has 0 fully saturated rings. The van der Waals surface area contributed by atoms with E-state index in [1.165, 1.54) is 0 Å². The summed E-state index contributed by atoms with van der Waals surface area (Å²) in [6.45, 7) is 10.5. The zero-order valence-corrected chi connectivity index (χ0v) is 17.3. The molecule has 0 atom stereocenters. The molecule has 0 unspecified atom stereocenters. The zero-order valence-electron chi connectivity index (χ0n) is 16.4. The number of carbonyl (C=O) groups excluding carboxylic acids is 1. The van der Waals surface area contributed by atoms with E-state index in [4.69, 9.17) is 4.74 Å². The Morgan fingerprint density at radius 2 is 1.85 bits per heavy atom. The molecule has 1 amide bonds. The summed E-state index contributed by atoms with van der Waals surface area (Å²) in [6.07, 6.45) is 2.91. The first-order valence-corrected chi connectivity index (χ1v) is 8.89. The van der Waals surface area contributed by atoms with Crippen LogP contribution in [0.4, 0.5) is 0 Å². The van der Waals surface area contributed by atoms with Crippen LogP contribution in [0.25, 0.3) is 0 Å². The van der Waals surface area contributed by atoms with Gasteiger partial charge in [-0.1, -0.05) is 24.3 Å². The number of benzene rings is 1. The third kappa shape index (κ3) is 6.01. The highest BCUT2D eigenvalue weighted by Crippen LogP contribution is 2.29. The molecule has 0 aromatic heterocycles. The molecule has 1 heterocycles. The smallest absolute Gasteiger partial charge is 0.248 e. The summed E-state index contributed by atoms with van der Waals surface area (Å²) < 4.78 is 5.34. The van der Waals surface area contributed by atoms with Gasteiger partial charge in [0.05, 0.1) is 7.11 Å². The number of nitrogens with one attached hydrogen (secondary N) is 3. The van der Waals surface area contributed by atoms with Crippen molar-refractivity contribution in [1.29, 1.82) is 0 Å². The van der Waals surface area contributed by atoms with Crippen LogP contribution in [-0.2, 0) is 11.3 Å². The van der Waals surface area contributed by atoms with Crippen molar-refractivity contribution in [2.45, 2.75) is 51.7 Å². The Labute approximate surface area is 163 Å². The monoisotopic (exact) mass is 381 g/mol. The fourth-order valence-corrected chi connectivity index (χ4v) is 3.38. The minimum absolute atomic E-state index is 0. The van der Waals surface area contributed by atoms with Gasteiger partial charge < -0.3 is 15.4 Å². The first-order chi connectivity index (χ1) is 11.7. The lowest BCUT2D eigenvalue weighted by Gasteiger charge is -2.27. The lowest BCUT2D eigenvalue weighted by atomic mass is 9.96. The van der Waals surface area contributed by atoms with Crippen molar-refractivity contribution in [2.75, 3.05) is 20.2 Å². The predicted octanol–water partition coefficient (Wildman–Crippen LogP) is 2.80. The van der Waals surface area contributed by atoms with Crippen LogP contribution in [0.15, 0.2) is 35.9 Å². The summed E-state index contributed by atoms with van der Waals surface area (Å²) >= 11 is 0. The Morgan fingerprint density at radius 1 is 1.15 bits per heavy atom. The van der Waals surface area contributed by atoms with Gasteiger partial charge in [0.2, 0.25) is 5.91 Å². The largest absolute Gasteiger partial charge is 0.496 e. The van der Waals surface area contributed by atoms with E-state index in [0.29, 0.717) is 6.54 Å². The quantitative estimate of drug-likeness (QED) is 0.606. The fraction of sp³-hybridized carbons (Fsp3) is 0.550. The topological polar surface area (TPSA) is 62.4 Å². The summed E-state index contributed by atoms with van der Waals surface area (Å²) in [5.41, 5.74) is 1.52. The van der Waals surface area contributed by atoms with Gasteiger partial charge in [0.25, 0.3) is 0 Å². The molecule has 3 N–H and O–H groups in total. The molecule has 1 aromatic rings. The van der Waals surface area contributed by atoms with Gasteiger partial charge in [-0.3, -0.25) is 10.1 Å². The van der Waals surface area contributed by atoms with Gasteiger partial charge in [0, 0.05) is 35.3 Å². The third-order valence-electron chi connectivity index (χ3n) is 4.38. The number of amides is 1. The number of hydrogen-bond donors (Lipinski definition) is 3. The van der Waals surface area contributed by atoms with Gasteiger partial charge in [-0.15, -0.1) is 12.4 Å². The van der Waals surface area contributed by atoms with Crippen LogP contribution in [0.3, 0.4) is 0 Å². The number of para-hydroxylation sites is 1. The normalized spacial score (nSPS) is 17.2. The molecule has 1 aliphatic heterocycles. The first-order valence-electron chi connectivity index (χ1n) is 8.89. The standard InChI is InChI=1S/C20H31N3O2.ClH/c1-19(2)13-16(20(3,4)23-19)18(24)22-12-8-11-21-14-15-9-6-7-10-17(15)25-5;/h6-7,9-10,13,21,23H,8,11-12,14H2,1-5H3,(H,22,24);1H. The van der Waals surface area contributed by atoms with Crippen molar-refractivity contribution >= 4 is 18.3 Å². The van der Waals surface area contributed by atoms with Gasteiger partial charge in [-0.05, 0) is 46.7 Å². The molecular weight excluding hydrogens is 350 g/mol. The molecule has 0 saturated heterocycles. The van der Waals surface area contributed by atoms with Crippen LogP contribution in [0.2, 0.25) is 0 Å². The number of methoxy groups -OCH3 is 1. The second kappa shape index (κ2) is 9.40. The van der Waals surface area contributed by atoms with E-state index in [9.17, 15) is 4.79 Å². The molecule has 146 valence electrons. The molecule has 0 bridgehead atoms. The summed E-state index contributed by atoms with van der Waals surface area (Å²) in [7, 11) is 1.68. The van der Waals surface area contributed by atoms with E-state index in [2.05, 4.69) is 35.9 Å². The molecule has 0 saturated carbocycles. The Bertz CT molecular complexity index is 642. The van der Waals surface area contributed by atoms with Crippen molar-refractivity contribution in [3.8, 4) is 5.75 Å². The maximum absolute atomic E-state index is 12.4. The Balaban J connectivity index is 0.00000338. The lowest BCUT2D eigenvalue weighted by Crippen LogP contribution is -2.47. The summed E-state index contributed by atoms with van der Waals surface area (Å²) in [5, 5.41) is 9.88. The van der Waals surface area contributed by atoms with E-state index in [-0.39, 0.29) is 29.4 Å². The summed E-state index contributed by atoms with van der Waals surface area (Å²) in [6, 6.07) is 7.99. The second-order valence-electron chi connectivity index (χ2n) is 7.63. The molecule has 2 rings (SSSR count). The molecular formula is C20H32ClN3O2. The SMILES string of the molecule is COc1ccccc1CNCCCNC(=O)C1=CC(C)(C)NC1(C)C.Cl. The van der Waals surface area contributed by atoms with Gasteiger partial charge in [0.1, 0.15) is 5.75 Å². The van der Waals surface area contributed by atoms with E-state index >= 15 is 0 Å². The average Bonchev–Trinajstić information content (AvgIpc) is 2.78. The Kier molecular flexibility index (Phi) is 8.13. The van der Waals surface area contributed by atoms with Crippen LogP contribution >= 0.6 is 12.4 Å². The maximum atomic E-state index is 12.4. The number of carbonyl (C=O) groups is 1. The predicted molar refractivity (Wildman–Crippen MR) is 109 cm³/mol. The minimum Gasteiger partial charge on any atom is -0.496 e. The number of halogens is 1. The highest BCUT2D eigenvalue weighted by molar-refractivity contribution is 5.96. The number of hydrogen-bond acceptors (Lipinski definition) is 4. The van der Waals surface area contributed by atoms with Gasteiger partial charge in [-0.25, -0.2) is 0 Å². The van der Waals surface area contributed by atoms with Crippen molar-refractivity contribution < 1.29 is 9.53 Å². The van der Waals surface area contributed by atoms with Crippen molar-refractivity contribution in [1.82, 2.24) is 16.0 Å². The van der Waals surface area contributed by atoms with Gasteiger partial charge in [0.15, 0.2) is 0 Å². The number of ether oxygens (including phenoxy) is 1. The third-order valence-corrected chi connectivity index (χ3v) is 4.38. The van der Waals surface area contributed by atoms with E-state index in [0.717, 1.165) is 36.4 Å². The molecule has 6 heteroatoms. The van der Waals surface area contributed by atoms with Crippen molar-refractivity contribution in [3.05, 3.63) is 41.5 Å². The van der Waals surface area contributed by atoms with E-state index in [1.54, 1.807) is 7.11 Å².